The molecule has 0 saturated heterocycles. The maximum atomic E-state index is 13.3. The van der Waals surface area contributed by atoms with E-state index in [0.29, 0.717) is 6.42 Å². The Kier molecular flexibility index (Phi) is 2.89. The summed E-state index contributed by atoms with van der Waals surface area (Å²) in [4.78, 5) is 10.7. The van der Waals surface area contributed by atoms with Crippen LogP contribution in [0.1, 0.15) is 36.8 Å². The molecule has 4 heteroatoms. The maximum Gasteiger partial charge on any atom is 0.307 e. The van der Waals surface area contributed by atoms with Gasteiger partial charge in [-0.25, -0.2) is 8.78 Å². The summed E-state index contributed by atoms with van der Waals surface area (Å²) in [6.07, 6.45) is 0.381. The molecule has 0 spiro atoms. The highest BCUT2D eigenvalue weighted by atomic mass is 19.3. The van der Waals surface area contributed by atoms with Gasteiger partial charge in [0.1, 0.15) is 0 Å². The highest BCUT2D eigenvalue weighted by Gasteiger charge is 2.44. The molecule has 1 fully saturated rings. The van der Waals surface area contributed by atoms with E-state index in [1.807, 2.05) is 0 Å². The second kappa shape index (κ2) is 4.09. The number of hydrogen-bond donors (Lipinski definition) is 1. The number of alkyl halides is 2. The van der Waals surface area contributed by atoms with E-state index in [4.69, 9.17) is 5.11 Å². The van der Waals surface area contributed by atoms with Gasteiger partial charge in [-0.3, -0.25) is 4.79 Å². The van der Waals surface area contributed by atoms with Crippen LogP contribution in [0.15, 0.2) is 24.3 Å². The van der Waals surface area contributed by atoms with E-state index in [0.717, 1.165) is 5.56 Å². The normalized spacial score (nSPS) is 23.5. The minimum absolute atomic E-state index is 0.00296. The van der Waals surface area contributed by atoms with Crippen LogP contribution in [0, 0.1) is 5.92 Å². The van der Waals surface area contributed by atoms with Crippen molar-refractivity contribution < 1.29 is 18.7 Å². The van der Waals surface area contributed by atoms with Crippen molar-refractivity contribution in [2.75, 3.05) is 0 Å². The number of benzene rings is 1. The molecular formula is C13H14F2O2. The molecular weight excluding hydrogens is 226 g/mol. The summed E-state index contributed by atoms with van der Waals surface area (Å²) in [6.45, 7) is 1.44. The van der Waals surface area contributed by atoms with Crippen molar-refractivity contribution in [3.05, 3.63) is 35.4 Å². The molecule has 2 atom stereocenters. The number of halogens is 2. The molecule has 0 amide bonds. The molecule has 1 aromatic carbocycles. The van der Waals surface area contributed by atoms with Crippen LogP contribution in [0.4, 0.5) is 8.78 Å². The third-order valence-electron chi connectivity index (χ3n) is 3.31. The van der Waals surface area contributed by atoms with E-state index in [9.17, 15) is 13.6 Å². The van der Waals surface area contributed by atoms with Crippen molar-refractivity contribution >= 4 is 5.97 Å². The summed E-state index contributed by atoms with van der Waals surface area (Å²) in [6, 6.07) is 6.03. The first kappa shape index (κ1) is 12.0. The van der Waals surface area contributed by atoms with Crippen molar-refractivity contribution in [2.45, 2.75) is 31.6 Å². The van der Waals surface area contributed by atoms with Crippen LogP contribution in [0.5, 0.6) is 0 Å². The predicted molar refractivity (Wildman–Crippen MR) is 59.1 cm³/mol. The molecule has 0 radical (unpaired) electrons. The highest BCUT2D eigenvalue weighted by molar-refractivity contribution is 5.75. The van der Waals surface area contributed by atoms with Gasteiger partial charge in [0.2, 0.25) is 0 Å². The lowest BCUT2D eigenvalue weighted by Crippen LogP contribution is -2.11. The smallest absolute Gasteiger partial charge is 0.307 e. The minimum atomic E-state index is -2.80. The zero-order valence-corrected chi connectivity index (χ0v) is 9.49. The molecule has 1 aliphatic carbocycles. The monoisotopic (exact) mass is 240 g/mol. The number of carbonyl (C=O) groups is 1. The molecule has 0 aromatic heterocycles. The summed E-state index contributed by atoms with van der Waals surface area (Å²) in [5.41, 5.74) is 0.837. The lowest BCUT2D eigenvalue weighted by atomic mass is 10.0. The van der Waals surface area contributed by atoms with Crippen molar-refractivity contribution in [3.63, 3.8) is 0 Å². The summed E-state index contributed by atoms with van der Waals surface area (Å²) in [5.74, 6) is -3.95. The standard InChI is InChI=1S/C13H14F2O2/c1-2-13(14,15)9-5-3-8(4-6-9)10-7-11(10)12(16)17/h3-6,10-11H,2,7H2,1H3,(H,16,17). The average Bonchev–Trinajstić information content (AvgIpc) is 3.09. The Balaban J connectivity index is 2.12. The van der Waals surface area contributed by atoms with Crippen LogP contribution in [0.25, 0.3) is 0 Å². The molecule has 0 heterocycles. The first-order valence-electron chi connectivity index (χ1n) is 5.66. The van der Waals surface area contributed by atoms with Gasteiger partial charge in [-0.15, -0.1) is 0 Å². The number of carboxylic acid groups (broad SMARTS) is 1. The van der Waals surface area contributed by atoms with E-state index < -0.39 is 11.9 Å². The van der Waals surface area contributed by atoms with Gasteiger partial charge >= 0.3 is 5.97 Å². The zero-order valence-electron chi connectivity index (χ0n) is 9.49. The van der Waals surface area contributed by atoms with Crippen molar-refractivity contribution in [2.24, 2.45) is 5.92 Å². The fraction of sp³-hybridized carbons (Fsp3) is 0.462. The van der Waals surface area contributed by atoms with E-state index in [-0.39, 0.29) is 23.8 Å². The molecule has 2 nitrogen and oxygen atoms in total. The Hall–Kier alpha value is -1.45. The van der Waals surface area contributed by atoms with Crippen molar-refractivity contribution in [1.29, 1.82) is 0 Å². The van der Waals surface area contributed by atoms with E-state index in [2.05, 4.69) is 0 Å². The number of aliphatic carboxylic acids is 1. The molecule has 1 saturated carbocycles. The van der Waals surface area contributed by atoms with Gasteiger partial charge in [-0.1, -0.05) is 31.2 Å². The van der Waals surface area contributed by atoms with Gasteiger partial charge in [-0.2, -0.15) is 0 Å². The van der Waals surface area contributed by atoms with Gasteiger partial charge in [0.05, 0.1) is 5.92 Å². The average molecular weight is 240 g/mol. The van der Waals surface area contributed by atoms with Gasteiger partial charge in [0.15, 0.2) is 0 Å². The van der Waals surface area contributed by atoms with Gasteiger partial charge < -0.3 is 5.11 Å². The summed E-state index contributed by atoms with van der Waals surface area (Å²) in [5, 5.41) is 8.79. The van der Waals surface area contributed by atoms with Crippen LogP contribution in [0.2, 0.25) is 0 Å². The Bertz CT molecular complexity index is 426. The van der Waals surface area contributed by atoms with Crippen molar-refractivity contribution in [1.82, 2.24) is 0 Å². The van der Waals surface area contributed by atoms with E-state index in [1.54, 1.807) is 12.1 Å². The second-order valence-corrected chi connectivity index (χ2v) is 4.47. The molecule has 92 valence electrons. The maximum absolute atomic E-state index is 13.3. The van der Waals surface area contributed by atoms with Crippen LogP contribution in [0.3, 0.4) is 0 Å². The molecule has 1 aliphatic rings. The molecule has 0 aliphatic heterocycles. The Morgan fingerprint density at radius 3 is 2.41 bits per heavy atom. The van der Waals surface area contributed by atoms with Crippen LogP contribution < -0.4 is 0 Å². The van der Waals surface area contributed by atoms with Gasteiger partial charge in [0, 0.05) is 12.0 Å². The number of hydrogen-bond acceptors (Lipinski definition) is 1. The SMILES string of the molecule is CCC(F)(F)c1ccc(C2CC2C(=O)O)cc1. The third kappa shape index (κ3) is 2.30. The summed E-state index contributed by atoms with van der Waals surface area (Å²) < 4.78 is 26.7. The summed E-state index contributed by atoms with van der Waals surface area (Å²) in [7, 11) is 0. The highest BCUT2D eigenvalue weighted by Crippen LogP contribution is 2.47. The van der Waals surface area contributed by atoms with Crippen molar-refractivity contribution in [3.8, 4) is 0 Å². The summed E-state index contributed by atoms with van der Waals surface area (Å²) >= 11 is 0. The molecule has 1 N–H and O–H groups in total. The lowest BCUT2D eigenvalue weighted by Gasteiger charge is -2.14. The first-order chi connectivity index (χ1) is 7.95. The molecule has 1 aromatic rings. The quantitative estimate of drug-likeness (QED) is 0.876. The van der Waals surface area contributed by atoms with Crippen LogP contribution in [-0.4, -0.2) is 11.1 Å². The molecule has 2 rings (SSSR count). The minimum Gasteiger partial charge on any atom is -0.481 e. The predicted octanol–water partition coefficient (Wildman–Crippen LogP) is 3.38. The Morgan fingerprint density at radius 1 is 1.41 bits per heavy atom. The zero-order chi connectivity index (χ0) is 12.6. The van der Waals surface area contributed by atoms with Gasteiger partial charge in [0.25, 0.3) is 5.92 Å². The number of carboxylic acids is 1. The fourth-order valence-corrected chi connectivity index (χ4v) is 2.01. The topological polar surface area (TPSA) is 37.3 Å². The lowest BCUT2D eigenvalue weighted by molar-refractivity contribution is -0.138. The van der Waals surface area contributed by atoms with Crippen LogP contribution >= 0.6 is 0 Å². The van der Waals surface area contributed by atoms with E-state index >= 15 is 0 Å². The van der Waals surface area contributed by atoms with Gasteiger partial charge in [-0.05, 0) is 17.9 Å². The molecule has 0 bridgehead atoms. The third-order valence-corrected chi connectivity index (χ3v) is 3.31. The second-order valence-electron chi connectivity index (χ2n) is 4.47. The Labute approximate surface area is 98.3 Å². The Morgan fingerprint density at radius 2 is 2.00 bits per heavy atom. The van der Waals surface area contributed by atoms with Crippen LogP contribution in [-0.2, 0) is 10.7 Å². The first-order valence-corrected chi connectivity index (χ1v) is 5.66. The largest absolute Gasteiger partial charge is 0.481 e. The number of rotatable bonds is 4. The fourth-order valence-electron chi connectivity index (χ4n) is 2.01. The molecule has 17 heavy (non-hydrogen) atoms. The molecule has 2 unspecified atom stereocenters. The van der Waals surface area contributed by atoms with E-state index in [1.165, 1.54) is 19.1 Å².